The lowest BCUT2D eigenvalue weighted by atomic mass is 10.1. The Balaban J connectivity index is 1.69. The van der Waals surface area contributed by atoms with Crippen LogP contribution in [0.4, 0.5) is 5.82 Å². The Labute approximate surface area is 171 Å². The number of pyridine rings is 1. The summed E-state index contributed by atoms with van der Waals surface area (Å²) in [7, 11) is 0. The van der Waals surface area contributed by atoms with Crippen molar-refractivity contribution >= 4 is 34.9 Å². The Morgan fingerprint density at radius 1 is 1.24 bits per heavy atom. The maximum atomic E-state index is 13.4. The van der Waals surface area contributed by atoms with Crippen molar-refractivity contribution in [3.05, 3.63) is 39.5 Å². The number of rotatable bonds is 4. The first kappa shape index (κ1) is 19.5. The lowest BCUT2D eigenvalue weighted by molar-refractivity contribution is -0.117. The third-order valence-electron chi connectivity index (χ3n) is 5.21. The smallest absolute Gasteiger partial charge is 0.283 e. The van der Waals surface area contributed by atoms with Crippen LogP contribution in [0.1, 0.15) is 63.3 Å². The number of likely N-dealkylation sites (tertiary alicyclic amines) is 1. The van der Waals surface area contributed by atoms with E-state index in [2.05, 4.69) is 9.97 Å². The molecule has 0 aliphatic carbocycles. The summed E-state index contributed by atoms with van der Waals surface area (Å²) in [6, 6.07) is 2.93. The summed E-state index contributed by atoms with van der Waals surface area (Å²) in [6.07, 6.45) is 2.87. The van der Waals surface area contributed by atoms with E-state index in [1.165, 1.54) is 11.0 Å². The standard InChI is InChI=1S/C19H22N6O3S/c1-11-10-29-18(21-11)14-4-2-6-24(14)19(28)12-8-13(17(27)23-20)22-15(9-12)25-7-3-5-16(25)26/h8-10,14H,2-7,20H2,1H3,(H,23,27)/t14-/m1/s1. The van der Waals surface area contributed by atoms with Gasteiger partial charge in [-0.05, 0) is 38.3 Å². The third kappa shape index (κ3) is 3.73. The van der Waals surface area contributed by atoms with E-state index >= 15 is 0 Å². The van der Waals surface area contributed by atoms with Crippen LogP contribution in [0, 0.1) is 6.92 Å². The molecule has 0 radical (unpaired) electrons. The second-order valence-corrected chi connectivity index (χ2v) is 8.10. The zero-order valence-corrected chi connectivity index (χ0v) is 16.9. The molecule has 2 aliphatic rings. The summed E-state index contributed by atoms with van der Waals surface area (Å²) in [5, 5.41) is 2.89. The topological polar surface area (TPSA) is 122 Å². The molecule has 152 valence electrons. The molecular weight excluding hydrogens is 392 g/mol. The molecule has 4 rings (SSSR count). The van der Waals surface area contributed by atoms with E-state index < -0.39 is 5.91 Å². The molecule has 3 N–H and O–H groups in total. The van der Waals surface area contributed by atoms with Gasteiger partial charge in [0.05, 0.1) is 6.04 Å². The quantitative estimate of drug-likeness (QED) is 0.445. The molecule has 0 saturated carbocycles. The van der Waals surface area contributed by atoms with E-state index in [-0.39, 0.29) is 23.6 Å². The highest BCUT2D eigenvalue weighted by atomic mass is 32.1. The number of nitrogens with zero attached hydrogens (tertiary/aromatic N) is 4. The summed E-state index contributed by atoms with van der Waals surface area (Å²) in [6.45, 7) is 3.06. The molecule has 0 spiro atoms. The van der Waals surface area contributed by atoms with Crippen LogP contribution in [0.3, 0.4) is 0 Å². The lowest BCUT2D eigenvalue weighted by Crippen LogP contribution is -2.34. The number of hydrogen-bond donors (Lipinski definition) is 2. The highest BCUT2D eigenvalue weighted by Crippen LogP contribution is 2.35. The summed E-state index contributed by atoms with van der Waals surface area (Å²) in [5.74, 6) is 4.68. The Kier molecular flexibility index (Phi) is 5.29. The monoisotopic (exact) mass is 414 g/mol. The first-order valence-corrected chi connectivity index (χ1v) is 10.4. The van der Waals surface area contributed by atoms with Gasteiger partial charge in [-0.1, -0.05) is 0 Å². The van der Waals surface area contributed by atoms with Crippen LogP contribution in [0.2, 0.25) is 0 Å². The average Bonchev–Trinajstić information content (AvgIpc) is 3.46. The number of amides is 3. The van der Waals surface area contributed by atoms with Crippen molar-refractivity contribution in [2.45, 2.75) is 38.6 Å². The van der Waals surface area contributed by atoms with Gasteiger partial charge in [0.25, 0.3) is 11.8 Å². The van der Waals surface area contributed by atoms with E-state index in [0.717, 1.165) is 23.5 Å². The minimum absolute atomic E-state index is 0.00823. The lowest BCUT2D eigenvalue weighted by Gasteiger charge is -2.24. The van der Waals surface area contributed by atoms with Crippen molar-refractivity contribution in [3.63, 3.8) is 0 Å². The summed E-state index contributed by atoms with van der Waals surface area (Å²) in [5.41, 5.74) is 3.30. The fourth-order valence-corrected chi connectivity index (χ4v) is 4.76. The Morgan fingerprint density at radius 2 is 2.07 bits per heavy atom. The Bertz CT molecular complexity index is 975. The molecule has 0 bridgehead atoms. The third-order valence-corrected chi connectivity index (χ3v) is 6.27. The number of carbonyl (C=O) groups is 3. The second kappa shape index (κ2) is 7.88. The minimum Gasteiger partial charge on any atom is -0.329 e. The minimum atomic E-state index is -0.610. The predicted octanol–water partition coefficient (Wildman–Crippen LogP) is 1.55. The molecule has 2 aromatic heterocycles. The predicted molar refractivity (Wildman–Crippen MR) is 107 cm³/mol. The maximum Gasteiger partial charge on any atom is 0.283 e. The van der Waals surface area contributed by atoms with Crippen molar-refractivity contribution in [1.29, 1.82) is 0 Å². The van der Waals surface area contributed by atoms with E-state index in [4.69, 9.17) is 5.84 Å². The zero-order valence-electron chi connectivity index (χ0n) is 16.1. The van der Waals surface area contributed by atoms with E-state index in [1.807, 2.05) is 17.7 Å². The highest BCUT2D eigenvalue weighted by Gasteiger charge is 2.34. The van der Waals surface area contributed by atoms with Crippen LogP contribution in [0.25, 0.3) is 0 Å². The van der Waals surface area contributed by atoms with Crippen LogP contribution in [0.5, 0.6) is 0 Å². The molecule has 4 heterocycles. The van der Waals surface area contributed by atoms with Gasteiger partial charge in [-0.25, -0.2) is 15.8 Å². The largest absolute Gasteiger partial charge is 0.329 e. The van der Waals surface area contributed by atoms with Crippen LogP contribution in [-0.2, 0) is 4.79 Å². The van der Waals surface area contributed by atoms with E-state index in [9.17, 15) is 14.4 Å². The molecule has 10 heteroatoms. The van der Waals surface area contributed by atoms with Gasteiger partial charge in [0, 0.05) is 36.1 Å². The number of hydrogen-bond acceptors (Lipinski definition) is 7. The molecule has 9 nitrogen and oxygen atoms in total. The summed E-state index contributed by atoms with van der Waals surface area (Å²) >= 11 is 1.55. The van der Waals surface area contributed by atoms with Gasteiger partial charge in [0.15, 0.2) is 0 Å². The second-order valence-electron chi connectivity index (χ2n) is 7.21. The number of anilines is 1. The molecule has 0 unspecified atom stereocenters. The SMILES string of the molecule is Cc1csc([C@H]2CCCN2C(=O)c2cc(C(=O)NN)nc(N3CCCC3=O)c2)n1. The zero-order chi connectivity index (χ0) is 20.5. The number of nitrogens with two attached hydrogens (primary N) is 1. The van der Waals surface area contributed by atoms with Gasteiger partial charge in [0.1, 0.15) is 16.5 Å². The number of hydrazine groups is 1. The van der Waals surface area contributed by atoms with Gasteiger partial charge in [-0.3, -0.25) is 24.7 Å². The molecule has 1 atom stereocenters. The van der Waals surface area contributed by atoms with Crippen LogP contribution in [-0.4, -0.2) is 45.7 Å². The average molecular weight is 414 g/mol. The van der Waals surface area contributed by atoms with E-state index in [0.29, 0.717) is 37.3 Å². The van der Waals surface area contributed by atoms with Crippen molar-refractivity contribution in [1.82, 2.24) is 20.3 Å². The van der Waals surface area contributed by atoms with Gasteiger partial charge >= 0.3 is 0 Å². The van der Waals surface area contributed by atoms with Crippen molar-refractivity contribution < 1.29 is 14.4 Å². The number of thiazole rings is 1. The summed E-state index contributed by atoms with van der Waals surface area (Å²) in [4.78, 5) is 49.7. The molecule has 0 aromatic carbocycles. The molecule has 2 aromatic rings. The molecular formula is C19H22N6O3S. The summed E-state index contributed by atoms with van der Waals surface area (Å²) < 4.78 is 0. The van der Waals surface area contributed by atoms with Crippen LogP contribution < -0.4 is 16.2 Å². The first-order chi connectivity index (χ1) is 14.0. The number of nitrogens with one attached hydrogen (secondary N) is 1. The molecule has 29 heavy (non-hydrogen) atoms. The van der Waals surface area contributed by atoms with Gasteiger partial charge in [-0.15, -0.1) is 11.3 Å². The first-order valence-electron chi connectivity index (χ1n) is 9.54. The van der Waals surface area contributed by atoms with Crippen molar-refractivity contribution in [3.8, 4) is 0 Å². The fraction of sp³-hybridized carbons (Fsp3) is 0.421. The molecule has 2 saturated heterocycles. The molecule has 2 fully saturated rings. The van der Waals surface area contributed by atoms with Crippen LogP contribution >= 0.6 is 11.3 Å². The molecule has 2 aliphatic heterocycles. The van der Waals surface area contributed by atoms with Crippen molar-refractivity contribution in [2.24, 2.45) is 5.84 Å². The normalized spacial score (nSPS) is 19.1. The highest BCUT2D eigenvalue weighted by molar-refractivity contribution is 7.09. The number of nitrogen functional groups attached to an aromatic ring is 1. The number of aryl methyl sites for hydroxylation is 1. The molecule has 3 amide bonds. The van der Waals surface area contributed by atoms with E-state index in [1.54, 1.807) is 22.3 Å². The maximum absolute atomic E-state index is 13.4. The number of aromatic nitrogens is 2. The van der Waals surface area contributed by atoms with Gasteiger partial charge in [0.2, 0.25) is 5.91 Å². The van der Waals surface area contributed by atoms with Gasteiger partial charge < -0.3 is 4.90 Å². The Hall–Kier alpha value is -2.85. The van der Waals surface area contributed by atoms with Gasteiger partial charge in [-0.2, -0.15) is 0 Å². The Morgan fingerprint density at radius 3 is 2.72 bits per heavy atom. The fourth-order valence-electron chi connectivity index (χ4n) is 3.82. The van der Waals surface area contributed by atoms with Crippen molar-refractivity contribution in [2.75, 3.05) is 18.0 Å². The van der Waals surface area contributed by atoms with Crippen LogP contribution in [0.15, 0.2) is 17.5 Å². The number of carbonyl (C=O) groups excluding carboxylic acids is 3.